The van der Waals surface area contributed by atoms with E-state index in [1.54, 1.807) is 11.1 Å². The van der Waals surface area contributed by atoms with Crippen molar-refractivity contribution in [3.05, 3.63) is 47.5 Å². The Morgan fingerprint density at radius 1 is 0.875 bits per heavy atom. The van der Waals surface area contributed by atoms with Gasteiger partial charge in [0.15, 0.2) is 0 Å². The van der Waals surface area contributed by atoms with Crippen LogP contribution in [0.25, 0.3) is 10.8 Å². The second-order valence-electron chi connectivity index (χ2n) is 5.58. The van der Waals surface area contributed by atoms with Gasteiger partial charge in [0.1, 0.15) is 0 Å². The van der Waals surface area contributed by atoms with Gasteiger partial charge in [-0.05, 0) is 47.6 Å². The van der Waals surface area contributed by atoms with Crippen LogP contribution in [-0.4, -0.2) is 47.1 Å². The zero-order chi connectivity index (χ0) is 17.3. The van der Waals surface area contributed by atoms with Gasteiger partial charge in [0.05, 0.1) is 0 Å². The van der Waals surface area contributed by atoms with Crippen LogP contribution < -0.4 is 0 Å². The number of unbranched alkanes of at least 4 members (excludes halogenated alkanes) is 2. The quantitative estimate of drug-likeness (QED) is 0.596. The second kappa shape index (κ2) is 12.0. The minimum absolute atomic E-state index is 0. The molecule has 0 atom stereocenters. The van der Waals surface area contributed by atoms with Crippen molar-refractivity contribution < 1.29 is 17.5 Å². The molecule has 2 aromatic rings. The van der Waals surface area contributed by atoms with Crippen LogP contribution in [0.4, 0.5) is 0 Å². The van der Waals surface area contributed by atoms with E-state index in [9.17, 15) is 0 Å². The van der Waals surface area contributed by atoms with E-state index in [2.05, 4.69) is 50.2 Å². The molecule has 0 aromatic heterocycles. The second-order valence-corrected chi connectivity index (χ2v) is 6.47. The van der Waals surface area contributed by atoms with Gasteiger partial charge in [-0.25, -0.2) is 0 Å². The molecular weight excluding hydrogens is 335 g/mol. The summed E-state index contributed by atoms with van der Waals surface area (Å²) in [5, 5.41) is 2.86. The number of aryl methyl sites for hydroxylation is 2. The van der Waals surface area contributed by atoms with Gasteiger partial charge >= 0.3 is 40.0 Å². The summed E-state index contributed by atoms with van der Waals surface area (Å²) in [4.78, 5) is 0. The molecule has 0 amide bonds. The van der Waals surface area contributed by atoms with Gasteiger partial charge in [0.25, 0.3) is 0 Å². The average molecular weight is 362 g/mol. The van der Waals surface area contributed by atoms with Crippen molar-refractivity contribution in [3.8, 4) is 0 Å². The third-order valence-corrected chi connectivity index (χ3v) is 3.72. The van der Waals surface area contributed by atoms with Crippen LogP contribution in [0.5, 0.6) is 0 Å². The first-order chi connectivity index (χ1) is 10.9. The molecule has 2 aromatic carbocycles. The molecule has 0 aliphatic heterocycles. The monoisotopic (exact) mass is 362 g/mol. The normalized spacial score (nSPS) is 10.7. The zero-order valence-corrected chi connectivity index (χ0v) is 14.6. The van der Waals surface area contributed by atoms with Gasteiger partial charge < -0.3 is 0 Å². The van der Waals surface area contributed by atoms with Gasteiger partial charge in [-0.3, -0.25) is 9.11 Å². The number of fused-ring (bicyclic) bond motifs is 1. The van der Waals surface area contributed by atoms with Crippen molar-refractivity contribution >= 4 is 50.7 Å². The van der Waals surface area contributed by atoms with Gasteiger partial charge in [0.2, 0.25) is 0 Å². The summed E-state index contributed by atoms with van der Waals surface area (Å²) >= 11 is 0. The third-order valence-electron chi connectivity index (χ3n) is 3.72. The SMILES string of the molecule is CCCCc1ccc2ccccc2c1CCCC.O=S(=O)(O)O.[NaH]. The predicted molar refractivity (Wildman–Crippen MR) is 102 cm³/mol. The maximum atomic E-state index is 8.74. The van der Waals surface area contributed by atoms with E-state index in [-0.39, 0.29) is 29.6 Å². The van der Waals surface area contributed by atoms with Crippen molar-refractivity contribution in [1.82, 2.24) is 0 Å². The molecule has 0 unspecified atom stereocenters. The van der Waals surface area contributed by atoms with Crippen LogP contribution in [0.2, 0.25) is 0 Å². The Morgan fingerprint density at radius 2 is 1.42 bits per heavy atom. The van der Waals surface area contributed by atoms with E-state index in [4.69, 9.17) is 17.5 Å². The topological polar surface area (TPSA) is 74.6 Å². The molecule has 0 bridgehead atoms. The van der Waals surface area contributed by atoms with Gasteiger partial charge in [-0.1, -0.05) is 63.1 Å². The summed E-state index contributed by atoms with van der Waals surface area (Å²) in [6.45, 7) is 4.55. The summed E-state index contributed by atoms with van der Waals surface area (Å²) in [6.07, 6.45) is 7.62. The molecule has 130 valence electrons. The summed E-state index contributed by atoms with van der Waals surface area (Å²) in [7, 11) is -4.67. The predicted octanol–water partition coefficient (Wildman–Crippen LogP) is 4.22. The van der Waals surface area contributed by atoms with Crippen molar-refractivity contribution in [2.45, 2.75) is 52.4 Å². The molecule has 0 spiro atoms. The van der Waals surface area contributed by atoms with Crippen LogP contribution in [0.3, 0.4) is 0 Å². The Kier molecular flexibility index (Phi) is 11.8. The molecule has 2 rings (SSSR count). The van der Waals surface area contributed by atoms with E-state index in [1.165, 1.54) is 49.3 Å². The van der Waals surface area contributed by atoms with Crippen molar-refractivity contribution in [2.75, 3.05) is 0 Å². The molecule has 6 heteroatoms. The van der Waals surface area contributed by atoms with Gasteiger partial charge in [-0.2, -0.15) is 8.42 Å². The average Bonchev–Trinajstić information content (AvgIpc) is 2.49. The van der Waals surface area contributed by atoms with E-state index < -0.39 is 10.4 Å². The molecule has 0 heterocycles. The van der Waals surface area contributed by atoms with Crippen molar-refractivity contribution in [3.63, 3.8) is 0 Å². The summed E-state index contributed by atoms with van der Waals surface area (Å²) in [6, 6.07) is 13.5. The zero-order valence-electron chi connectivity index (χ0n) is 13.8. The molecule has 0 radical (unpaired) electrons. The number of hydrogen-bond donors (Lipinski definition) is 2. The van der Waals surface area contributed by atoms with E-state index in [0.717, 1.165) is 0 Å². The summed E-state index contributed by atoms with van der Waals surface area (Å²) in [5.41, 5.74) is 3.17. The molecule has 0 saturated carbocycles. The fourth-order valence-corrected chi connectivity index (χ4v) is 2.63. The first-order valence-corrected chi connectivity index (χ1v) is 9.45. The van der Waals surface area contributed by atoms with Crippen LogP contribution in [0.1, 0.15) is 50.7 Å². The first-order valence-electron chi connectivity index (χ1n) is 8.06. The Morgan fingerprint density at radius 3 is 2.00 bits per heavy atom. The fraction of sp³-hybridized carbons (Fsp3) is 0.444. The first kappa shape index (κ1) is 23.6. The molecule has 0 aliphatic rings. The Balaban J connectivity index is 0.000000777. The van der Waals surface area contributed by atoms with Crippen LogP contribution >= 0.6 is 0 Å². The Labute approximate surface area is 167 Å². The van der Waals surface area contributed by atoms with Crippen molar-refractivity contribution in [1.29, 1.82) is 0 Å². The molecule has 0 aliphatic carbocycles. The number of rotatable bonds is 6. The maximum absolute atomic E-state index is 8.74. The Hall–Kier alpha value is -0.430. The molecule has 0 saturated heterocycles. The standard InChI is InChI=1S/C18H24.Na.H2O4S.H/c1-3-5-9-15-13-14-16-10-7-8-12-18(16)17(15)11-6-4-2;;1-5(2,3)4;/h7-8,10,12-14H,3-6,9,11H2,1-2H3;;(H2,1,2,3,4);. The van der Waals surface area contributed by atoms with Crippen LogP contribution in [-0.2, 0) is 23.2 Å². The van der Waals surface area contributed by atoms with E-state index in [0.29, 0.717) is 0 Å². The number of hydrogen-bond acceptors (Lipinski definition) is 2. The van der Waals surface area contributed by atoms with Gasteiger partial charge in [0, 0.05) is 0 Å². The van der Waals surface area contributed by atoms with Gasteiger partial charge in [-0.15, -0.1) is 0 Å². The van der Waals surface area contributed by atoms with Crippen LogP contribution in [0, 0.1) is 0 Å². The minimum atomic E-state index is -4.67. The van der Waals surface area contributed by atoms with E-state index >= 15 is 0 Å². The molecule has 0 fully saturated rings. The molecule has 2 N–H and O–H groups in total. The van der Waals surface area contributed by atoms with Crippen molar-refractivity contribution in [2.24, 2.45) is 0 Å². The van der Waals surface area contributed by atoms with E-state index in [1.807, 2.05) is 0 Å². The Bertz CT molecular complexity index is 706. The molecule has 24 heavy (non-hydrogen) atoms. The summed E-state index contributed by atoms with van der Waals surface area (Å²) in [5.74, 6) is 0. The molecule has 4 nitrogen and oxygen atoms in total. The summed E-state index contributed by atoms with van der Waals surface area (Å²) < 4.78 is 31.6. The fourth-order valence-electron chi connectivity index (χ4n) is 2.63. The van der Waals surface area contributed by atoms with Crippen LogP contribution in [0.15, 0.2) is 36.4 Å². The molecular formula is C18H27NaO4S. The number of benzene rings is 2. The third kappa shape index (κ3) is 9.16.